The van der Waals surface area contributed by atoms with Crippen LogP contribution in [0.4, 0.5) is 16.4 Å². The van der Waals surface area contributed by atoms with E-state index in [1.807, 2.05) is 50.5 Å². The van der Waals surface area contributed by atoms with Gasteiger partial charge in [-0.1, -0.05) is 42.5 Å². The van der Waals surface area contributed by atoms with E-state index in [0.29, 0.717) is 25.7 Å². The second-order valence-electron chi connectivity index (χ2n) is 8.97. The van der Waals surface area contributed by atoms with Crippen molar-refractivity contribution in [1.29, 1.82) is 0 Å². The van der Waals surface area contributed by atoms with E-state index in [1.165, 1.54) is 0 Å². The lowest BCUT2D eigenvalue weighted by Gasteiger charge is -2.19. The molecule has 2 saturated heterocycles. The summed E-state index contributed by atoms with van der Waals surface area (Å²) in [6.07, 6.45) is 1.33. The third kappa shape index (κ3) is 5.36. The fourth-order valence-electron chi connectivity index (χ4n) is 4.43. The van der Waals surface area contributed by atoms with Crippen molar-refractivity contribution in [1.82, 2.24) is 20.6 Å². The summed E-state index contributed by atoms with van der Waals surface area (Å²) in [5, 5.41) is 9.24. The van der Waals surface area contributed by atoms with Crippen LogP contribution in [0.25, 0.3) is 11.3 Å². The lowest BCUT2D eigenvalue weighted by atomic mass is 10.1. The molecule has 1 aromatic heterocycles. The molecular weight excluding hydrogens is 444 g/mol. The molecule has 4 atom stereocenters. The molecule has 35 heavy (non-hydrogen) atoms. The molecule has 3 heterocycles. The Morgan fingerprint density at radius 2 is 1.69 bits per heavy atom. The van der Waals surface area contributed by atoms with Crippen LogP contribution in [0.15, 0.2) is 66.9 Å². The molecular formula is C26H30N6O3. The van der Waals surface area contributed by atoms with Gasteiger partial charge in [0.2, 0.25) is 5.95 Å². The van der Waals surface area contributed by atoms with Gasteiger partial charge in [-0.15, -0.1) is 0 Å². The maximum Gasteiger partial charge on any atom is 0.315 e. The molecule has 9 heteroatoms. The van der Waals surface area contributed by atoms with Crippen LogP contribution in [-0.4, -0.2) is 67.6 Å². The van der Waals surface area contributed by atoms with Crippen LogP contribution in [0, 0.1) is 0 Å². The lowest BCUT2D eigenvalue weighted by molar-refractivity contribution is 0.0682. The van der Waals surface area contributed by atoms with Crippen molar-refractivity contribution >= 4 is 17.7 Å². The van der Waals surface area contributed by atoms with Gasteiger partial charge in [0.05, 0.1) is 31.0 Å². The second-order valence-corrected chi connectivity index (χ2v) is 8.97. The number of carbonyl (C=O) groups excluding carboxylic acids is 1. The topological polar surface area (TPSA) is 101 Å². The normalized spacial score (nSPS) is 22.9. The second kappa shape index (κ2) is 10.3. The first kappa shape index (κ1) is 23.1. The number of rotatable bonds is 7. The third-order valence-corrected chi connectivity index (χ3v) is 6.32. The van der Waals surface area contributed by atoms with Crippen molar-refractivity contribution < 1.29 is 14.3 Å². The minimum absolute atomic E-state index is 0.106. The highest BCUT2D eigenvalue weighted by atomic mass is 16.6. The largest absolute Gasteiger partial charge is 0.378 e. The number of hydrogen-bond donors (Lipinski definition) is 3. The zero-order valence-corrected chi connectivity index (χ0v) is 19.8. The Hall–Kier alpha value is -3.69. The van der Waals surface area contributed by atoms with Gasteiger partial charge in [0.25, 0.3) is 0 Å². The SMILES string of the molecule is CN(C)c1ccc(-c2ccnc(N[C@H]3CO[C@H]4[C@@H]3OC[C@@H]4NC(=O)NCc3ccccc3)n2)cc1. The molecule has 2 amide bonds. The summed E-state index contributed by atoms with van der Waals surface area (Å²) in [6, 6.07) is 19.4. The van der Waals surface area contributed by atoms with Crippen molar-refractivity contribution in [3.05, 3.63) is 72.4 Å². The van der Waals surface area contributed by atoms with Gasteiger partial charge in [-0.2, -0.15) is 0 Å². The third-order valence-electron chi connectivity index (χ3n) is 6.32. The van der Waals surface area contributed by atoms with Crippen molar-refractivity contribution in [2.75, 3.05) is 37.5 Å². The molecule has 5 rings (SSSR count). The Morgan fingerprint density at radius 3 is 2.43 bits per heavy atom. The summed E-state index contributed by atoms with van der Waals surface area (Å²) >= 11 is 0. The number of ether oxygens (including phenoxy) is 2. The molecule has 0 bridgehead atoms. The lowest BCUT2D eigenvalue weighted by Crippen LogP contribution is -2.48. The fourth-order valence-corrected chi connectivity index (χ4v) is 4.43. The van der Waals surface area contributed by atoms with E-state index in [4.69, 9.17) is 9.47 Å². The van der Waals surface area contributed by atoms with Crippen LogP contribution in [0.1, 0.15) is 5.56 Å². The molecule has 3 aromatic rings. The molecule has 9 nitrogen and oxygen atoms in total. The highest BCUT2D eigenvalue weighted by molar-refractivity contribution is 5.74. The zero-order chi connectivity index (χ0) is 24.2. The summed E-state index contributed by atoms with van der Waals surface area (Å²) in [5.74, 6) is 0.522. The van der Waals surface area contributed by atoms with E-state index in [1.54, 1.807) is 6.20 Å². The van der Waals surface area contributed by atoms with Gasteiger partial charge in [-0.25, -0.2) is 14.8 Å². The molecule has 0 unspecified atom stereocenters. The molecule has 182 valence electrons. The Balaban J connectivity index is 1.17. The van der Waals surface area contributed by atoms with Crippen LogP contribution in [-0.2, 0) is 16.0 Å². The van der Waals surface area contributed by atoms with Gasteiger partial charge in [-0.3, -0.25) is 0 Å². The molecule has 3 N–H and O–H groups in total. The number of anilines is 2. The smallest absolute Gasteiger partial charge is 0.315 e. The van der Waals surface area contributed by atoms with Crippen LogP contribution in [0.3, 0.4) is 0 Å². The molecule has 2 aromatic carbocycles. The number of urea groups is 1. The van der Waals surface area contributed by atoms with E-state index in [0.717, 1.165) is 22.5 Å². The Morgan fingerprint density at radius 1 is 0.971 bits per heavy atom. The number of hydrogen-bond acceptors (Lipinski definition) is 7. The molecule has 0 spiro atoms. The minimum atomic E-state index is -0.237. The highest BCUT2D eigenvalue weighted by Gasteiger charge is 2.48. The van der Waals surface area contributed by atoms with Crippen LogP contribution in [0.2, 0.25) is 0 Å². The van der Waals surface area contributed by atoms with E-state index >= 15 is 0 Å². The average molecular weight is 475 g/mol. The Bertz CT molecular complexity index is 1140. The van der Waals surface area contributed by atoms with Crippen molar-refractivity contribution in [3.63, 3.8) is 0 Å². The van der Waals surface area contributed by atoms with E-state index in [-0.39, 0.29) is 30.3 Å². The fraction of sp³-hybridized carbons (Fsp3) is 0.346. The summed E-state index contributed by atoms with van der Waals surface area (Å²) in [7, 11) is 4.03. The van der Waals surface area contributed by atoms with Crippen molar-refractivity contribution in [2.24, 2.45) is 0 Å². The Kier molecular flexibility index (Phi) is 6.78. The first-order chi connectivity index (χ1) is 17.1. The van der Waals surface area contributed by atoms with Gasteiger partial charge >= 0.3 is 6.03 Å². The van der Waals surface area contributed by atoms with Crippen LogP contribution < -0.4 is 20.9 Å². The van der Waals surface area contributed by atoms with Gasteiger partial charge in [0, 0.05) is 38.1 Å². The molecule has 0 radical (unpaired) electrons. The number of nitrogens with zero attached hydrogens (tertiary/aromatic N) is 3. The number of nitrogens with one attached hydrogen (secondary N) is 3. The summed E-state index contributed by atoms with van der Waals surface area (Å²) in [5.41, 5.74) is 4.03. The predicted octanol–water partition coefficient (Wildman–Crippen LogP) is 2.66. The van der Waals surface area contributed by atoms with Crippen molar-refractivity contribution in [3.8, 4) is 11.3 Å². The number of benzene rings is 2. The molecule has 0 saturated carbocycles. The summed E-state index contributed by atoms with van der Waals surface area (Å²) < 4.78 is 12.0. The minimum Gasteiger partial charge on any atom is -0.378 e. The van der Waals surface area contributed by atoms with Crippen LogP contribution in [0.5, 0.6) is 0 Å². The van der Waals surface area contributed by atoms with E-state index in [2.05, 4.69) is 55.1 Å². The van der Waals surface area contributed by atoms with E-state index in [9.17, 15) is 4.79 Å². The first-order valence-electron chi connectivity index (χ1n) is 11.8. The summed E-state index contributed by atoms with van der Waals surface area (Å²) in [4.78, 5) is 23.5. The van der Waals surface area contributed by atoms with Gasteiger partial charge < -0.3 is 30.3 Å². The Labute approximate surface area is 204 Å². The highest BCUT2D eigenvalue weighted by Crippen LogP contribution is 2.29. The van der Waals surface area contributed by atoms with E-state index < -0.39 is 0 Å². The molecule has 0 aliphatic carbocycles. The number of amides is 2. The average Bonchev–Trinajstić information content (AvgIpc) is 3.47. The van der Waals surface area contributed by atoms with Gasteiger partial charge in [0.15, 0.2) is 0 Å². The monoisotopic (exact) mass is 474 g/mol. The quantitative estimate of drug-likeness (QED) is 0.484. The molecule has 2 aliphatic heterocycles. The number of aromatic nitrogens is 2. The zero-order valence-electron chi connectivity index (χ0n) is 19.8. The molecule has 2 fully saturated rings. The van der Waals surface area contributed by atoms with Crippen LogP contribution >= 0.6 is 0 Å². The maximum atomic E-state index is 12.4. The molecule has 2 aliphatic rings. The van der Waals surface area contributed by atoms with Crippen molar-refractivity contribution in [2.45, 2.75) is 30.8 Å². The predicted molar refractivity (Wildman–Crippen MR) is 134 cm³/mol. The van der Waals surface area contributed by atoms with Gasteiger partial charge in [0.1, 0.15) is 12.2 Å². The summed E-state index contributed by atoms with van der Waals surface area (Å²) in [6.45, 7) is 1.31. The maximum absolute atomic E-state index is 12.4. The standard InChI is InChI=1S/C26H30N6O3/c1-32(2)19-10-8-18(9-11-19)20-12-13-27-25(29-20)30-21-15-34-24-22(16-35-23(21)24)31-26(33)28-14-17-6-4-3-5-7-17/h3-13,21-24H,14-16H2,1-2H3,(H,27,29,30)(H2,28,31,33)/t21-,22-,23+,24+/m0/s1. The van der Waals surface area contributed by atoms with Gasteiger partial charge in [-0.05, 0) is 23.8 Å². The number of carbonyl (C=O) groups is 1. The first-order valence-corrected chi connectivity index (χ1v) is 11.8. The number of fused-ring (bicyclic) bond motifs is 1.